The smallest absolute Gasteiger partial charge is 0.0761 e. The fourth-order valence-corrected chi connectivity index (χ4v) is 3.05. The lowest BCUT2D eigenvalue weighted by molar-refractivity contribution is 0.00300. The van der Waals surface area contributed by atoms with Crippen LogP contribution in [-0.2, 0) is 19.3 Å². The van der Waals surface area contributed by atoms with Crippen molar-refractivity contribution < 1.29 is 5.11 Å². The Labute approximate surface area is 117 Å². The van der Waals surface area contributed by atoms with Gasteiger partial charge in [0.2, 0.25) is 0 Å². The highest BCUT2D eigenvalue weighted by atomic mass is 16.3. The maximum absolute atomic E-state index is 10.6. The average molecular weight is 261 g/mol. The molecule has 1 aromatic carbocycles. The number of rotatable bonds is 5. The third-order valence-corrected chi connectivity index (χ3v) is 5.05. The maximum Gasteiger partial charge on any atom is 0.0761 e. The number of aliphatic hydroxyl groups excluding tert-OH is 1. The van der Waals surface area contributed by atoms with E-state index in [9.17, 15) is 5.11 Å². The summed E-state index contributed by atoms with van der Waals surface area (Å²) in [6.45, 7) is 4.29. The van der Waals surface area contributed by atoms with E-state index in [1.54, 1.807) is 0 Å². The Morgan fingerprint density at radius 2 is 1.95 bits per heavy atom. The predicted molar refractivity (Wildman–Crippen MR) is 80.6 cm³/mol. The zero-order chi connectivity index (χ0) is 14.0. The normalized spacial score (nSPS) is 19.3. The molecule has 0 radical (unpaired) electrons. The Hall–Kier alpha value is -0.860. The quantitative estimate of drug-likeness (QED) is 0.881. The molecule has 1 N–H and O–H groups in total. The van der Waals surface area contributed by atoms with Crippen LogP contribution in [0.5, 0.6) is 0 Å². The SMILES string of the molecule is CCC(C)(C(O)Cc1ccc2c(c1)CCC2)N(C)C. The van der Waals surface area contributed by atoms with E-state index in [4.69, 9.17) is 0 Å². The standard InChI is InChI=1S/C17H27NO/c1-5-17(2,18(3)4)16(19)12-13-9-10-14-7-6-8-15(14)11-13/h9-11,16,19H,5-8,12H2,1-4H3. The molecule has 1 aliphatic carbocycles. The van der Waals surface area contributed by atoms with E-state index in [1.807, 2.05) is 0 Å². The van der Waals surface area contributed by atoms with E-state index in [0.29, 0.717) is 0 Å². The van der Waals surface area contributed by atoms with Gasteiger partial charge in [0.05, 0.1) is 6.10 Å². The van der Waals surface area contributed by atoms with Gasteiger partial charge in [0, 0.05) is 12.0 Å². The summed E-state index contributed by atoms with van der Waals surface area (Å²) < 4.78 is 0. The van der Waals surface area contributed by atoms with Crippen LogP contribution in [0.1, 0.15) is 43.4 Å². The van der Waals surface area contributed by atoms with Gasteiger partial charge in [-0.3, -0.25) is 0 Å². The van der Waals surface area contributed by atoms with Crippen molar-refractivity contribution in [3.05, 3.63) is 34.9 Å². The maximum atomic E-state index is 10.6. The number of benzene rings is 1. The van der Waals surface area contributed by atoms with Crippen LogP contribution in [0.2, 0.25) is 0 Å². The van der Waals surface area contributed by atoms with E-state index >= 15 is 0 Å². The minimum absolute atomic E-state index is 0.154. The lowest BCUT2D eigenvalue weighted by Crippen LogP contribution is -2.51. The second-order valence-corrected chi connectivity index (χ2v) is 6.28. The summed E-state index contributed by atoms with van der Waals surface area (Å²) in [6.07, 6.45) is 5.08. The molecule has 2 nitrogen and oxygen atoms in total. The van der Waals surface area contributed by atoms with Crippen molar-refractivity contribution >= 4 is 0 Å². The molecule has 0 saturated heterocycles. The molecular weight excluding hydrogens is 234 g/mol. The van der Waals surface area contributed by atoms with Crippen LogP contribution < -0.4 is 0 Å². The highest BCUT2D eigenvalue weighted by molar-refractivity contribution is 5.35. The molecule has 2 unspecified atom stereocenters. The van der Waals surface area contributed by atoms with E-state index in [1.165, 1.54) is 36.0 Å². The third-order valence-electron chi connectivity index (χ3n) is 5.05. The van der Waals surface area contributed by atoms with Crippen molar-refractivity contribution in [2.75, 3.05) is 14.1 Å². The van der Waals surface area contributed by atoms with Crippen molar-refractivity contribution in [3.63, 3.8) is 0 Å². The van der Waals surface area contributed by atoms with Gasteiger partial charge in [-0.2, -0.15) is 0 Å². The van der Waals surface area contributed by atoms with Crippen LogP contribution >= 0.6 is 0 Å². The molecule has 0 fully saturated rings. The van der Waals surface area contributed by atoms with E-state index in [2.05, 4.69) is 51.0 Å². The van der Waals surface area contributed by atoms with Gasteiger partial charge in [0.15, 0.2) is 0 Å². The first kappa shape index (κ1) is 14.5. The first-order valence-corrected chi connectivity index (χ1v) is 7.43. The van der Waals surface area contributed by atoms with Crippen LogP contribution in [0.25, 0.3) is 0 Å². The molecule has 1 aliphatic rings. The largest absolute Gasteiger partial charge is 0.391 e. The first-order chi connectivity index (χ1) is 8.97. The summed E-state index contributed by atoms with van der Waals surface area (Å²) in [6, 6.07) is 6.75. The topological polar surface area (TPSA) is 23.5 Å². The molecule has 1 aromatic rings. The Kier molecular flexibility index (Phi) is 4.32. The summed E-state index contributed by atoms with van der Waals surface area (Å²) in [4.78, 5) is 2.14. The molecule has 2 rings (SSSR count). The zero-order valence-corrected chi connectivity index (χ0v) is 12.7. The van der Waals surface area contributed by atoms with Crippen LogP contribution in [0, 0.1) is 0 Å². The van der Waals surface area contributed by atoms with Crippen molar-refractivity contribution in [2.24, 2.45) is 0 Å². The van der Waals surface area contributed by atoms with Crippen LogP contribution in [0.3, 0.4) is 0 Å². The molecule has 106 valence electrons. The fourth-order valence-electron chi connectivity index (χ4n) is 3.05. The second-order valence-electron chi connectivity index (χ2n) is 6.28. The van der Waals surface area contributed by atoms with E-state index in [0.717, 1.165) is 12.8 Å². The average Bonchev–Trinajstić information content (AvgIpc) is 2.84. The fraction of sp³-hybridized carbons (Fsp3) is 0.647. The number of aliphatic hydroxyl groups is 1. The van der Waals surface area contributed by atoms with Gasteiger partial charge in [-0.1, -0.05) is 25.1 Å². The minimum Gasteiger partial charge on any atom is -0.391 e. The molecule has 0 aliphatic heterocycles. The second kappa shape index (κ2) is 5.64. The van der Waals surface area contributed by atoms with Crippen LogP contribution in [0.15, 0.2) is 18.2 Å². The summed E-state index contributed by atoms with van der Waals surface area (Å²) in [5, 5.41) is 10.6. The number of hydrogen-bond donors (Lipinski definition) is 1. The summed E-state index contributed by atoms with van der Waals surface area (Å²) in [5.74, 6) is 0. The molecule has 0 bridgehead atoms. The molecule has 0 heterocycles. The minimum atomic E-state index is -0.327. The summed E-state index contributed by atoms with van der Waals surface area (Å²) in [7, 11) is 4.10. The predicted octanol–water partition coefficient (Wildman–Crippen LogP) is 2.81. The Morgan fingerprint density at radius 1 is 1.26 bits per heavy atom. The number of fused-ring (bicyclic) bond motifs is 1. The Balaban J connectivity index is 2.12. The Bertz CT molecular complexity index is 441. The number of aryl methyl sites for hydroxylation is 2. The molecule has 19 heavy (non-hydrogen) atoms. The molecule has 0 saturated carbocycles. The van der Waals surface area contributed by atoms with Crippen molar-refractivity contribution in [1.82, 2.24) is 4.90 Å². The molecule has 0 aromatic heterocycles. The van der Waals surface area contributed by atoms with Gasteiger partial charge in [0.1, 0.15) is 0 Å². The number of nitrogens with zero attached hydrogens (tertiary/aromatic N) is 1. The van der Waals surface area contributed by atoms with E-state index < -0.39 is 0 Å². The molecule has 0 amide bonds. The first-order valence-electron chi connectivity index (χ1n) is 7.43. The summed E-state index contributed by atoms with van der Waals surface area (Å²) >= 11 is 0. The van der Waals surface area contributed by atoms with Gasteiger partial charge in [-0.25, -0.2) is 0 Å². The highest BCUT2D eigenvalue weighted by Gasteiger charge is 2.33. The summed E-state index contributed by atoms with van der Waals surface area (Å²) in [5.41, 5.74) is 4.12. The lowest BCUT2D eigenvalue weighted by atomic mass is 9.86. The van der Waals surface area contributed by atoms with E-state index in [-0.39, 0.29) is 11.6 Å². The monoisotopic (exact) mass is 261 g/mol. The third kappa shape index (κ3) is 2.85. The van der Waals surface area contributed by atoms with Crippen molar-refractivity contribution in [2.45, 2.75) is 57.6 Å². The van der Waals surface area contributed by atoms with Crippen LogP contribution in [-0.4, -0.2) is 35.7 Å². The number of likely N-dealkylation sites (N-methyl/N-ethyl adjacent to an activating group) is 1. The lowest BCUT2D eigenvalue weighted by Gasteiger charge is -2.40. The number of hydrogen-bond acceptors (Lipinski definition) is 2. The van der Waals surface area contributed by atoms with Crippen molar-refractivity contribution in [1.29, 1.82) is 0 Å². The van der Waals surface area contributed by atoms with Gasteiger partial charge >= 0.3 is 0 Å². The highest BCUT2D eigenvalue weighted by Crippen LogP contribution is 2.27. The molecule has 0 spiro atoms. The van der Waals surface area contributed by atoms with Gasteiger partial charge in [-0.15, -0.1) is 0 Å². The Morgan fingerprint density at radius 3 is 2.58 bits per heavy atom. The molecule has 2 heteroatoms. The molecule has 2 atom stereocenters. The van der Waals surface area contributed by atoms with Gasteiger partial charge < -0.3 is 10.0 Å². The zero-order valence-electron chi connectivity index (χ0n) is 12.7. The van der Waals surface area contributed by atoms with Crippen molar-refractivity contribution in [3.8, 4) is 0 Å². The molecular formula is C17H27NO. The van der Waals surface area contributed by atoms with Gasteiger partial charge in [-0.05, 0) is 63.4 Å². The van der Waals surface area contributed by atoms with Crippen LogP contribution in [0.4, 0.5) is 0 Å². The van der Waals surface area contributed by atoms with Gasteiger partial charge in [0.25, 0.3) is 0 Å².